The molecule has 0 fully saturated rings. The van der Waals surface area contributed by atoms with Crippen LogP contribution in [0.15, 0.2) is 59.5 Å². The van der Waals surface area contributed by atoms with Gasteiger partial charge in [-0.1, -0.05) is 38.1 Å². The van der Waals surface area contributed by atoms with Gasteiger partial charge in [-0.2, -0.15) is 4.31 Å². The van der Waals surface area contributed by atoms with Crippen LogP contribution in [-0.4, -0.2) is 44.2 Å². The van der Waals surface area contributed by atoms with Gasteiger partial charge in [-0.05, 0) is 30.3 Å². The van der Waals surface area contributed by atoms with Gasteiger partial charge in [0, 0.05) is 37.3 Å². The van der Waals surface area contributed by atoms with Gasteiger partial charge in [0.05, 0.1) is 4.90 Å². The summed E-state index contributed by atoms with van der Waals surface area (Å²) in [5.74, 6) is -0.563. The molecule has 0 aliphatic heterocycles. The van der Waals surface area contributed by atoms with Crippen molar-refractivity contribution >= 4 is 27.5 Å². The van der Waals surface area contributed by atoms with Crippen LogP contribution in [0.2, 0.25) is 0 Å². The van der Waals surface area contributed by atoms with Crippen LogP contribution in [-0.2, 0) is 14.8 Å². The zero-order valence-corrected chi connectivity index (χ0v) is 16.8. The number of nitrogens with one attached hydrogen (secondary N) is 2. The first-order chi connectivity index (χ1) is 13.4. The highest BCUT2D eigenvalue weighted by atomic mass is 32.2. The predicted octanol–water partition coefficient (Wildman–Crippen LogP) is 2.48. The van der Waals surface area contributed by atoms with E-state index in [0.717, 1.165) is 0 Å². The summed E-state index contributed by atoms with van der Waals surface area (Å²) in [6.07, 6.45) is 0.0750. The molecule has 0 aromatic heterocycles. The number of benzene rings is 2. The van der Waals surface area contributed by atoms with E-state index in [1.165, 1.54) is 16.4 Å². The van der Waals surface area contributed by atoms with Gasteiger partial charge in [0.15, 0.2) is 0 Å². The smallest absolute Gasteiger partial charge is 0.251 e. The van der Waals surface area contributed by atoms with E-state index in [1.807, 2.05) is 6.07 Å². The number of rotatable bonds is 9. The second-order valence-corrected chi connectivity index (χ2v) is 7.98. The molecule has 0 atom stereocenters. The van der Waals surface area contributed by atoms with Crippen molar-refractivity contribution in [2.75, 3.05) is 25.0 Å². The number of hydrogen-bond acceptors (Lipinski definition) is 4. The third kappa shape index (κ3) is 5.64. The molecule has 28 heavy (non-hydrogen) atoms. The fraction of sp³-hybridized carbons (Fsp3) is 0.300. The highest BCUT2D eigenvalue weighted by Gasteiger charge is 2.21. The summed E-state index contributed by atoms with van der Waals surface area (Å²) in [7, 11) is -3.59. The number of sulfonamides is 1. The molecule has 2 aromatic rings. The Hall–Kier alpha value is -2.71. The van der Waals surface area contributed by atoms with Crippen molar-refractivity contribution in [3.05, 3.63) is 60.2 Å². The molecular weight excluding hydrogens is 378 g/mol. The second-order valence-electron chi connectivity index (χ2n) is 6.04. The van der Waals surface area contributed by atoms with E-state index in [2.05, 4.69) is 10.6 Å². The molecule has 0 bridgehead atoms. The molecular formula is C20H25N3O4S. The number of amides is 2. The minimum absolute atomic E-state index is 0.0750. The first kappa shape index (κ1) is 21.6. The normalized spacial score (nSPS) is 11.2. The average Bonchev–Trinajstić information content (AvgIpc) is 2.69. The third-order valence-electron chi connectivity index (χ3n) is 4.13. The highest BCUT2D eigenvalue weighted by molar-refractivity contribution is 7.89. The van der Waals surface area contributed by atoms with Crippen molar-refractivity contribution in [3.8, 4) is 0 Å². The Morgan fingerprint density at radius 3 is 2.29 bits per heavy atom. The lowest BCUT2D eigenvalue weighted by Gasteiger charge is -2.18. The first-order valence-electron chi connectivity index (χ1n) is 9.11. The Morgan fingerprint density at radius 2 is 1.64 bits per heavy atom. The number of anilines is 1. The summed E-state index contributed by atoms with van der Waals surface area (Å²) >= 11 is 0. The molecule has 2 aromatic carbocycles. The zero-order chi connectivity index (χ0) is 20.6. The Bertz CT molecular complexity index is 910. The van der Waals surface area contributed by atoms with Crippen LogP contribution in [0.5, 0.6) is 0 Å². The topological polar surface area (TPSA) is 95.6 Å². The van der Waals surface area contributed by atoms with Crippen LogP contribution < -0.4 is 10.6 Å². The van der Waals surface area contributed by atoms with Gasteiger partial charge in [-0.15, -0.1) is 0 Å². The Labute approximate surface area is 165 Å². The molecule has 150 valence electrons. The van der Waals surface area contributed by atoms with Crippen LogP contribution in [0.1, 0.15) is 30.6 Å². The van der Waals surface area contributed by atoms with E-state index in [-0.39, 0.29) is 29.7 Å². The molecule has 2 N–H and O–H groups in total. The van der Waals surface area contributed by atoms with Crippen molar-refractivity contribution in [1.29, 1.82) is 0 Å². The lowest BCUT2D eigenvalue weighted by atomic mass is 10.2. The van der Waals surface area contributed by atoms with Crippen LogP contribution in [0.25, 0.3) is 0 Å². The maximum atomic E-state index is 12.6. The summed E-state index contributed by atoms with van der Waals surface area (Å²) in [5, 5.41) is 5.35. The predicted molar refractivity (Wildman–Crippen MR) is 109 cm³/mol. The molecule has 0 spiro atoms. The molecule has 2 amide bonds. The lowest BCUT2D eigenvalue weighted by molar-refractivity contribution is -0.116. The number of carbonyl (C=O) groups is 2. The maximum Gasteiger partial charge on any atom is 0.251 e. The van der Waals surface area contributed by atoms with E-state index in [4.69, 9.17) is 0 Å². The van der Waals surface area contributed by atoms with Gasteiger partial charge >= 0.3 is 0 Å². The molecule has 2 rings (SSSR count). The molecule has 0 saturated heterocycles. The molecule has 0 radical (unpaired) electrons. The first-order valence-corrected chi connectivity index (χ1v) is 10.6. The fourth-order valence-corrected chi connectivity index (χ4v) is 4.16. The van der Waals surface area contributed by atoms with E-state index in [9.17, 15) is 18.0 Å². The SMILES string of the molecule is CCN(CC)S(=O)(=O)c1cccc(NC(=O)CCNC(=O)c2ccccc2)c1. The summed E-state index contributed by atoms with van der Waals surface area (Å²) in [6, 6.07) is 14.9. The molecule has 8 heteroatoms. The van der Waals surface area contributed by atoms with Gasteiger partial charge < -0.3 is 10.6 Å². The molecule has 0 heterocycles. The molecule has 0 aliphatic rings. The fourth-order valence-electron chi connectivity index (χ4n) is 2.65. The van der Waals surface area contributed by atoms with Gasteiger partial charge in [0.25, 0.3) is 5.91 Å². The van der Waals surface area contributed by atoms with Crippen LogP contribution in [0, 0.1) is 0 Å². The summed E-state index contributed by atoms with van der Waals surface area (Å²) in [5.41, 5.74) is 0.921. The molecule has 0 aliphatic carbocycles. The van der Waals surface area contributed by atoms with Gasteiger partial charge in [-0.3, -0.25) is 9.59 Å². The van der Waals surface area contributed by atoms with E-state index in [0.29, 0.717) is 24.3 Å². The Morgan fingerprint density at radius 1 is 0.964 bits per heavy atom. The molecule has 0 saturated carbocycles. The number of carbonyl (C=O) groups excluding carboxylic acids is 2. The van der Waals surface area contributed by atoms with Gasteiger partial charge in [0.1, 0.15) is 0 Å². The van der Waals surface area contributed by atoms with Crippen molar-refractivity contribution in [2.45, 2.75) is 25.2 Å². The average molecular weight is 404 g/mol. The number of nitrogens with zero attached hydrogens (tertiary/aromatic N) is 1. The maximum absolute atomic E-state index is 12.6. The Balaban J connectivity index is 1.93. The van der Waals surface area contributed by atoms with Crippen LogP contribution in [0.4, 0.5) is 5.69 Å². The van der Waals surface area contributed by atoms with Crippen molar-refractivity contribution in [1.82, 2.24) is 9.62 Å². The molecule has 0 unspecified atom stereocenters. The van der Waals surface area contributed by atoms with Crippen molar-refractivity contribution in [2.24, 2.45) is 0 Å². The van der Waals surface area contributed by atoms with Crippen LogP contribution >= 0.6 is 0 Å². The zero-order valence-electron chi connectivity index (χ0n) is 16.0. The number of hydrogen-bond donors (Lipinski definition) is 2. The summed E-state index contributed by atoms with van der Waals surface area (Å²) in [4.78, 5) is 24.2. The van der Waals surface area contributed by atoms with Crippen molar-refractivity contribution in [3.63, 3.8) is 0 Å². The quantitative estimate of drug-likeness (QED) is 0.672. The molecule has 7 nitrogen and oxygen atoms in total. The van der Waals surface area contributed by atoms with Crippen molar-refractivity contribution < 1.29 is 18.0 Å². The third-order valence-corrected chi connectivity index (χ3v) is 6.18. The summed E-state index contributed by atoms with van der Waals surface area (Å²) in [6.45, 7) is 4.47. The second kappa shape index (κ2) is 10.0. The lowest BCUT2D eigenvalue weighted by Crippen LogP contribution is -2.30. The highest BCUT2D eigenvalue weighted by Crippen LogP contribution is 2.19. The minimum Gasteiger partial charge on any atom is -0.352 e. The van der Waals surface area contributed by atoms with Gasteiger partial charge in [0.2, 0.25) is 15.9 Å². The standard InChI is InChI=1S/C20H25N3O4S/c1-3-23(4-2)28(26,27)18-12-8-11-17(15-18)22-19(24)13-14-21-20(25)16-9-6-5-7-10-16/h5-12,15H,3-4,13-14H2,1-2H3,(H,21,25)(H,22,24). The van der Waals surface area contributed by atoms with E-state index < -0.39 is 10.0 Å². The summed E-state index contributed by atoms with van der Waals surface area (Å²) < 4.78 is 26.5. The van der Waals surface area contributed by atoms with E-state index in [1.54, 1.807) is 50.2 Å². The monoisotopic (exact) mass is 403 g/mol. The van der Waals surface area contributed by atoms with Crippen LogP contribution in [0.3, 0.4) is 0 Å². The largest absolute Gasteiger partial charge is 0.352 e. The Kier molecular flexibility index (Phi) is 7.71. The van der Waals surface area contributed by atoms with E-state index >= 15 is 0 Å². The van der Waals surface area contributed by atoms with Gasteiger partial charge in [-0.25, -0.2) is 8.42 Å². The minimum atomic E-state index is -3.59.